The van der Waals surface area contributed by atoms with Crippen molar-refractivity contribution in [2.75, 3.05) is 19.8 Å². The summed E-state index contributed by atoms with van der Waals surface area (Å²) in [5, 5.41) is 11.8. The molecule has 2 N–H and O–H groups in total. The van der Waals surface area contributed by atoms with E-state index in [0.29, 0.717) is 6.61 Å². The van der Waals surface area contributed by atoms with E-state index in [1.807, 2.05) is 24.3 Å². The molecule has 0 radical (unpaired) electrons. The standard InChI is InChI=1S/C11H17NO2/c1-2-12-9-10-3-5-11(6-4-10)14-8-7-13/h3-6,12-13H,2,7-9H2,1H3. The maximum atomic E-state index is 8.56. The van der Waals surface area contributed by atoms with Gasteiger partial charge in [-0.3, -0.25) is 0 Å². The number of benzene rings is 1. The number of hydrogen-bond donors (Lipinski definition) is 2. The molecule has 78 valence electrons. The summed E-state index contributed by atoms with van der Waals surface area (Å²) in [5.41, 5.74) is 1.24. The van der Waals surface area contributed by atoms with Crippen molar-refractivity contribution in [2.45, 2.75) is 13.5 Å². The molecule has 3 nitrogen and oxygen atoms in total. The average molecular weight is 195 g/mol. The van der Waals surface area contributed by atoms with E-state index in [1.165, 1.54) is 5.56 Å². The Morgan fingerprint density at radius 3 is 2.57 bits per heavy atom. The molecule has 0 bridgehead atoms. The summed E-state index contributed by atoms with van der Waals surface area (Å²) in [6, 6.07) is 7.88. The van der Waals surface area contributed by atoms with E-state index in [0.717, 1.165) is 18.8 Å². The SMILES string of the molecule is CCNCc1ccc(OCCO)cc1. The zero-order valence-electron chi connectivity index (χ0n) is 8.49. The molecule has 0 aromatic heterocycles. The lowest BCUT2D eigenvalue weighted by atomic mass is 10.2. The number of nitrogens with one attached hydrogen (secondary N) is 1. The van der Waals surface area contributed by atoms with Gasteiger partial charge in [-0.2, -0.15) is 0 Å². The molecule has 1 rings (SSSR count). The lowest BCUT2D eigenvalue weighted by Crippen LogP contribution is -2.11. The summed E-state index contributed by atoms with van der Waals surface area (Å²) < 4.78 is 5.24. The van der Waals surface area contributed by atoms with Gasteiger partial charge in [0.25, 0.3) is 0 Å². The van der Waals surface area contributed by atoms with Crippen molar-refractivity contribution in [3.63, 3.8) is 0 Å². The maximum absolute atomic E-state index is 8.56. The van der Waals surface area contributed by atoms with Crippen molar-refractivity contribution < 1.29 is 9.84 Å². The van der Waals surface area contributed by atoms with Gasteiger partial charge >= 0.3 is 0 Å². The summed E-state index contributed by atoms with van der Waals surface area (Å²) in [6.07, 6.45) is 0. The number of hydrogen-bond acceptors (Lipinski definition) is 3. The van der Waals surface area contributed by atoms with E-state index in [1.54, 1.807) is 0 Å². The Kier molecular flexibility index (Phi) is 5.04. The van der Waals surface area contributed by atoms with E-state index in [9.17, 15) is 0 Å². The molecule has 14 heavy (non-hydrogen) atoms. The van der Waals surface area contributed by atoms with Gasteiger partial charge < -0.3 is 15.2 Å². The minimum atomic E-state index is 0.0547. The molecule has 3 heteroatoms. The number of aliphatic hydroxyl groups is 1. The molecule has 0 heterocycles. The Morgan fingerprint density at radius 1 is 1.29 bits per heavy atom. The van der Waals surface area contributed by atoms with E-state index in [2.05, 4.69) is 12.2 Å². The molecular weight excluding hydrogens is 178 g/mol. The van der Waals surface area contributed by atoms with Crippen LogP contribution in [0.2, 0.25) is 0 Å². The lowest BCUT2D eigenvalue weighted by Gasteiger charge is -2.05. The monoisotopic (exact) mass is 195 g/mol. The Hall–Kier alpha value is -1.06. The second-order valence-corrected chi connectivity index (χ2v) is 3.00. The molecule has 0 aliphatic rings. The highest BCUT2D eigenvalue weighted by atomic mass is 16.5. The molecule has 0 fully saturated rings. The van der Waals surface area contributed by atoms with Crippen LogP contribution in [-0.4, -0.2) is 24.9 Å². The number of rotatable bonds is 6. The minimum Gasteiger partial charge on any atom is -0.491 e. The van der Waals surface area contributed by atoms with Crippen molar-refractivity contribution in [1.82, 2.24) is 5.32 Å². The first-order valence-corrected chi connectivity index (χ1v) is 4.90. The van der Waals surface area contributed by atoms with Crippen molar-refractivity contribution in [3.05, 3.63) is 29.8 Å². The fourth-order valence-electron chi connectivity index (χ4n) is 1.14. The third-order valence-corrected chi connectivity index (χ3v) is 1.86. The van der Waals surface area contributed by atoms with Crippen molar-refractivity contribution in [1.29, 1.82) is 0 Å². The normalized spacial score (nSPS) is 10.1. The molecule has 0 saturated heterocycles. The number of ether oxygens (including phenoxy) is 1. The molecule has 0 spiro atoms. The van der Waals surface area contributed by atoms with E-state index >= 15 is 0 Å². The average Bonchev–Trinajstić information content (AvgIpc) is 2.25. The second kappa shape index (κ2) is 6.40. The van der Waals surface area contributed by atoms with Crippen LogP contribution < -0.4 is 10.1 Å². The molecule has 0 amide bonds. The van der Waals surface area contributed by atoms with Gasteiger partial charge in [0.05, 0.1) is 6.61 Å². The first kappa shape index (κ1) is 11.0. The van der Waals surface area contributed by atoms with Gasteiger partial charge in [-0.25, -0.2) is 0 Å². The molecule has 0 saturated carbocycles. The van der Waals surface area contributed by atoms with Crippen LogP contribution in [0.4, 0.5) is 0 Å². The van der Waals surface area contributed by atoms with E-state index in [4.69, 9.17) is 9.84 Å². The molecule has 1 aromatic carbocycles. The predicted molar refractivity (Wildman–Crippen MR) is 56.4 cm³/mol. The molecule has 0 unspecified atom stereocenters. The quantitative estimate of drug-likeness (QED) is 0.716. The smallest absolute Gasteiger partial charge is 0.119 e. The van der Waals surface area contributed by atoms with E-state index in [-0.39, 0.29) is 6.61 Å². The summed E-state index contributed by atoms with van der Waals surface area (Å²) >= 11 is 0. The molecule has 0 atom stereocenters. The Labute approximate surface area is 84.7 Å². The van der Waals surface area contributed by atoms with Crippen LogP contribution in [0.25, 0.3) is 0 Å². The van der Waals surface area contributed by atoms with Crippen LogP contribution in [0, 0.1) is 0 Å². The van der Waals surface area contributed by atoms with Crippen molar-refractivity contribution in [3.8, 4) is 5.75 Å². The topological polar surface area (TPSA) is 41.5 Å². The third-order valence-electron chi connectivity index (χ3n) is 1.86. The van der Waals surface area contributed by atoms with Gasteiger partial charge in [0.1, 0.15) is 12.4 Å². The Balaban J connectivity index is 2.42. The zero-order chi connectivity index (χ0) is 10.2. The summed E-state index contributed by atoms with van der Waals surface area (Å²) in [5.74, 6) is 0.805. The van der Waals surface area contributed by atoms with Crippen LogP contribution in [0.15, 0.2) is 24.3 Å². The van der Waals surface area contributed by atoms with Crippen molar-refractivity contribution >= 4 is 0 Å². The molecule has 0 aliphatic carbocycles. The van der Waals surface area contributed by atoms with Gasteiger partial charge in [-0.15, -0.1) is 0 Å². The predicted octanol–water partition coefficient (Wildman–Crippen LogP) is 1.17. The highest BCUT2D eigenvalue weighted by Crippen LogP contribution is 2.11. The summed E-state index contributed by atoms with van der Waals surface area (Å²) in [6.45, 7) is 4.35. The van der Waals surface area contributed by atoms with Crippen LogP contribution in [-0.2, 0) is 6.54 Å². The van der Waals surface area contributed by atoms with E-state index < -0.39 is 0 Å². The first-order valence-electron chi connectivity index (χ1n) is 4.90. The van der Waals surface area contributed by atoms with Gasteiger partial charge in [-0.1, -0.05) is 19.1 Å². The van der Waals surface area contributed by atoms with Crippen LogP contribution >= 0.6 is 0 Å². The highest BCUT2D eigenvalue weighted by Gasteiger charge is 1.94. The lowest BCUT2D eigenvalue weighted by molar-refractivity contribution is 0.201. The number of aliphatic hydroxyl groups excluding tert-OH is 1. The van der Waals surface area contributed by atoms with Gasteiger partial charge in [0.15, 0.2) is 0 Å². The highest BCUT2D eigenvalue weighted by molar-refractivity contribution is 5.27. The largest absolute Gasteiger partial charge is 0.491 e. The summed E-state index contributed by atoms with van der Waals surface area (Å²) in [7, 11) is 0. The fraction of sp³-hybridized carbons (Fsp3) is 0.455. The Morgan fingerprint density at radius 2 is 2.00 bits per heavy atom. The second-order valence-electron chi connectivity index (χ2n) is 3.00. The fourth-order valence-corrected chi connectivity index (χ4v) is 1.14. The van der Waals surface area contributed by atoms with Crippen LogP contribution in [0.1, 0.15) is 12.5 Å². The van der Waals surface area contributed by atoms with Crippen molar-refractivity contribution in [2.24, 2.45) is 0 Å². The van der Waals surface area contributed by atoms with Gasteiger partial charge in [-0.05, 0) is 24.2 Å². The third kappa shape index (κ3) is 3.77. The molecule has 1 aromatic rings. The summed E-state index contributed by atoms with van der Waals surface area (Å²) in [4.78, 5) is 0. The maximum Gasteiger partial charge on any atom is 0.119 e. The Bertz CT molecular complexity index is 219. The van der Waals surface area contributed by atoms with Gasteiger partial charge in [0, 0.05) is 6.54 Å². The molecule has 0 aliphatic heterocycles. The minimum absolute atomic E-state index is 0.0547. The van der Waals surface area contributed by atoms with Gasteiger partial charge in [0.2, 0.25) is 0 Å². The van der Waals surface area contributed by atoms with Crippen LogP contribution in [0.5, 0.6) is 5.75 Å². The first-order chi connectivity index (χ1) is 6.86. The van der Waals surface area contributed by atoms with Crippen LogP contribution in [0.3, 0.4) is 0 Å². The molecular formula is C11H17NO2. The zero-order valence-corrected chi connectivity index (χ0v) is 8.49.